The van der Waals surface area contributed by atoms with Gasteiger partial charge in [0.25, 0.3) is 0 Å². The van der Waals surface area contributed by atoms with Crippen molar-refractivity contribution < 1.29 is 19.0 Å². The van der Waals surface area contributed by atoms with E-state index in [1.807, 2.05) is 0 Å². The number of benzene rings is 1. The fourth-order valence-corrected chi connectivity index (χ4v) is 1.36. The zero-order chi connectivity index (χ0) is 13.7. The molecule has 0 spiro atoms. The van der Waals surface area contributed by atoms with Crippen molar-refractivity contribution in [1.82, 2.24) is 9.97 Å². The molecule has 0 aliphatic rings. The molecule has 0 aliphatic carbocycles. The van der Waals surface area contributed by atoms with Gasteiger partial charge in [-0.05, 0) is 24.3 Å². The summed E-state index contributed by atoms with van der Waals surface area (Å²) < 4.78 is 15.1. The number of hydrogen-bond donors (Lipinski definition) is 0. The number of carbonyl (C=O) groups is 1. The average Bonchev–Trinajstić information content (AvgIpc) is 2.47. The van der Waals surface area contributed by atoms with Gasteiger partial charge in [-0.3, -0.25) is 4.98 Å². The molecule has 1 aromatic heterocycles. The summed E-state index contributed by atoms with van der Waals surface area (Å²) >= 11 is 0. The third-order valence-corrected chi connectivity index (χ3v) is 2.29. The predicted octanol–water partition coefficient (Wildman–Crippen LogP) is 2.06. The number of rotatable bonds is 4. The lowest BCUT2D eigenvalue weighted by atomic mass is 10.3. The van der Waals surface area contributed by atoms with Gasteiger partial charge in [-0.25, -0.2) is 9.78 Å². The normalized spacial score (nSPS) is 9.79. The highest BCUT2D eigenvalue weighted by Crippen LogP contribution is 2.21. The quantitative estimate of drug-likeness (QED) is 0.784. The lowest BCUT2D eigenvalue weighted by Crippen LogP contribution is -2.05. The van der Waals surface area contributed by atoms with E-state index in [0.29, 0.717) is 5.75 Å². The zero-order valence-electron chi connectivity index (χ0n) is 10.5. The van der Waals surface area contributed by atoms with Crippen molar-refractivity contribution in [2.45, 2.75) is 0 Å². The monoisotopic (exact) mass is 260 g/mol. The van der Waals surface area contributed by atoms with Crippen LogP contribution in [0.5, 0.6) is 17.4 Å². The van der Waals surface area contributed by atoms with Gasteiger partial charge in [0.05, 0.1) is 26.6 Å². The maximum absolute atomic E-state index is 11.3. The minimum Gasteiger partial charge on any atom is -0.497 e. The summed E-state index contributed by atoms with van der Waals surface area (Å²) in [6.45, 7) is 0. The van der Waals surface area contributed by atoms with Crippen LogP contribution in [0.15, 0.2) is 36.7 Å². The Labute approximate surface area is 110 Å². The highest BCUT2D eigenvalue weighted by atomic mass is 16.5. The molecule has 98 valence electrons. The van der Waals surface area contributed by atoms with Crippen molar-refractivity contribution in [3.8, 4) is 17.4 Å². The molecule has 0 atom stereocenters. The minimum atomic E-state index is -0.562. The summed E-state index contributed by atoms with van der Waals surface area (Å²) in [5, 5.41) is 0. The molecule has 0 unspecified atom stereocenters. The van der Waals surface area contributed by atoms with Crippen LogP contribution >= 0.6 is 0 Å². The SMILES string of the molecule is COC(=O)c1cncc(Oc2ccc(OC)cc2)n1. The van der Waals surface area contributed by atoms with Crippen LogP contribution in [0.25, 0.3) is 0 Å². The number of ether oxygens (including phenoxy) is 3. The van der Waals surface area contributed by atoms with Crippen LogP contribution in [0, 0.1) is 0 Å². The molecule has 0 amide bonds. The molecule has 0 radical (unpaired) electrons. The second-order valence-electron chi connectivity index (χ2n) is 3.51. The van der Waals surface area contributed by atoms with Gasteiger partial charge < -0.3 is 14.2 Å². The molecule has 2 rings (SSSR count). The fourth-order valence-electron chi connectivity index (χ4n) is 1.36. The van der Waals surface area contributed by atoms with Gasteiger partial charge in [-0.2, -0.15) is 0 Å². The molecule has 0 saturated carbocycles. The van der Waals surface area contributed by atoms with Gasteiger partial charge >= 0.3 is 5.97 Å². The molecule has 1 heterocycles. The number of hydrogen-bond acceptors (Lipinski definition) is 6. The Bertz CT molecular complexity index is 569. The molecule has 2 aromatic rings. The van der Waals surface area contributed by atoms with Gasteiger partial charge in [0.1, 0.15) is 11.5 Å². The molecule has 0 saturated heterocycles. The number of esters is 1. The van der Waals surface area contributed by atoms with Crippen molar-refractivity contribution in [2.75, 3.05) is 14.2 Å². The van der Waals surface area contributed by atoms with Crippen LogP contribution in [0.3, 0.4) is 0 Å². The molecular weight excluding hydrogens is 248 g/mol. The van der Waals surface area contributed by atoms with E-state index in [-0.39, 0.29) is 11.6 Å². The van der Waals surface area contributed by atoms with Crippen LogP contribution in [-0.2, 0) is 4.74 Å². The standard InChI is InChI=1S/C13H12N2O4/c1-17-9-3-5-10(6-4-9)19-12-8-14-7-11(15-12)13(16)18-2/h3-8H,1-2H3. The van der Waals surface area contributed by atoms with Gasteiger partial charge in [0, 0.05) is 0 Å². The smallest absolute Gasteiger partial charge is 0.358 e. The molecule has 0 fully saturated rings. The van der Waals surface area contributed by atoms with Crippen molar-refractivity contribution in [2.24, 2.45) is 0 Å². The third kappa shape index (κ3) is 3.19. The maximum atomic E-state index is 11.3. The van der Waals surface area contributed by atoms with E-state index >= 15 is 0 Å². The highest BCUT2D eigenvalue weighted by molar-refractivity contribution is 5.86. The lowest BCUT2D eigenvalue weighted by Gasteiger charge is -2.06. The van der Waals surface area contributed by atoms with Crippen LogP contribution in [-0.4, -0.2) is 30.2 Å². The third-order valence-electron chi connectivity index (χ3n) is 2.29. The molecule has 6 nitrogen and oxygen atoms in total. The Hall–Kier alpha value is -2.63. The van der Waals surface area contributed by atoms with Crippen LogP contribution in [0.4, 0.5) is 0 Å². The van der Waals surface area contributed by atoms with Crippen LogP contribution in [0.2, 0.25) is 0 Å². The van der Waals surface area contributed by atoms with E-state index in [9.17, 15) is 4.79 Å². The first-order valence-electron chi connectivity index (χ1n) is 5.45. The van der Waals surface area contributed by atoms with E-state index in [1.54, 1.807) is 31.4 Å². The van der Waals surface area contributed by atoms with E-state index in [1.165, 1.54) is 19.5 Å². The first-order chi connectivity index (χ1) is 9.22. The molecule has 1 aromatic carbocycles. The molecular formula is C13H12N2O4. The van der Waals surface area contributed by atoms with Crippen molar-refractivity contribution in [1.29, 1.82) is 0 Å². The van der Waals surface area contributed by atoms with E-state index in [2.05, 4.69) is 14.7 Å². The van der Waals surface area contributed by atoms with E-state index < -0.39 is 5.97 Å². The Kier molecular flexibility index (Phi) is 3.92. The van der Waals surface area contributed by atoms with E-state index in [4.69, 9.17) is 9.47 Å². The summed E-state index contributed by atoms with van der Waals surface area (Å²) in [5.74, 6) is 0.944. The maximum Gasteiger partial charge on any atom is 0.358 e. The second kappa shape index (κ2) is 5.81. The van der Waals surface area contributed by atoms with Crippen LogP contribution in [0.1, 0.15) is 10.5 Å². The van der Waals surface area contributed by atoms with Gasteiger partial charge in [-0.1, -0.05) is 0 Å². The average molecular weight is 260 g/mol. The molecule has 0 N–H and O–H groups in total. The Morgan fingerprint density at radius 3 is 2.37 bits per heavy atom. The molecule has 0 bridgehead atoms. The van der Waals surface area contributed by atoms with Crippen LogP contribution < -0.4 is 9.47 Å². The highest BCUT2D eigenvalue weighted by Gasteiger charge is 2.09. The largest absolute Gasteiger partial charge is 0.497 e. The molecule has 0 aliphatic heterocycles. The summed E-state index contributed by atoms with van der Waals surface area (Å²) in [5.41, 5.74) is 0.0912. The Morgan fingerprint density at radius 2 is 1.74 bits per heavy atom. The summed E-state index contributed by atoms with van der Waals surface area (Å²) in [4.78, 5) is 19.2. The van der Waals surface area contributed by atoms with E-state index in [0.717, 1.165) is 5.75 Å². The summed E-state index contributed by atoms with van der Waals surface area (Å²) in [6.07, 6.45) is 2.73. The Morgan fingerprint density at radius 1 is 1.05 bits per heavy atom. The number of methoxy groups -OCH3 is 2. The topological polar surface area (TPSA) is 70.5 Å². The minimum absolute atomic E-state index is 0.0912. The zero-order valence-corrected chi connectivity index (χ0v) is 10.5. The first-order valence-corrected chi connectivity index (χ1v) is 5.45. The van der Waals surface area contributed by atoms with Crippen molar-refractivity contribution in [3.63, 3.8) is 0 Å². The first kappa shape index (κ1) is 12.8. The van der Waals surface area contributed by atoms with Gasteiger partial charge in [0.2, 0.25) is 5.88 Å². The van der Waals surface area contributed by atoms with Crippen molar-refractivity contribution in [3.05, 3.63) is 42.4 Å². The van der Waals surface area contributed by atoms with Crippen molar-refractivity contribution >= 4 is 5.97 Å². The molecule has 6 heteroatoms. The van der Waals surface area contributed by atoms with Gasteiger partial charge in [0.15, 0.2) is 5.69 Å². The number of nitrogens with zero attached hydrogens (tertiary/aromatic N) is 2. The number of aromatic nitrogens is 2. The summed E-state index contributed by atoms with van der Waals surface area (Å²) in [7, 11) is 2.86. The number of carbonyl (C=O) groups excluding carboxylic acids is 1. The van der Waals surface area contributed by atoms with Gasteiger partial charge in [-0.15, -0.1) is 0 Å². The predicted molar refractivity (Wildman–Crippen MR) is 66.4 cm³/mol. The fraction of sp³-hybridized carbons (Fsp3) is 0.154. The summed E-state index contributed by atoms with van der Waals surface area (Å²) in [6, 6.07) is 6.97. The second-order valence-corrected chi connectivity index (χ2v) is 3.51. The lowest BCUT2D eigenvalue weighted by molar-refractivity contribution is 0.0592. The molecule has 19 heavy (non-hydrogen) atoms. The Balaban J connectivity index is 2.16.